The third-order valence-corrected chi connectivity index (χ3v) is 3.93. The van der Waals surface area contributed by atoms with E-state index in [-0.39, 0.29) is 12.1 Å². The molecule has 28 heavy (non-hydrogen) atoms. The van der Waals surface area contributed by atoms with Crippen LogP contribution < -0.4 is 5.43 Å². The predicted octanol–water partition coefficient (Wildman–Crippen LogP) is 1.51. The molecule has 1 atom stereocenters. The molecular formula is C18H16ClFN2O6. The number of nitrogens with zero attached hydrogens (tertiary/aromatic N) is 1. The second-order valence-corrected chi connectivity index (χ2v) is 6.24. The third-order valence-electron chi connectivity index (χ3n) is 3.70. The van der Waals surface area contributed by atoms with Crippen molar-refractivity contribution in [2.45, 2.75) is 12.6 Å². The van der Waals surface area contributed by atoms with E-state index in [1.807, 2.05) is 5.43 Å². The SMILES string of the molecule is O=C(O)C(=O)NN(Cc1ccc(-c2cc(Cl)ccc2F)cc1)C[C@@H](O)C(=O)O. The average Bonchev–Trinajstić information content (AvgIpc) is 2.64. The Morgan fingerprint density at radius 2 is 1.75 bits per heavy atom. The molecule has 2 aromatic carbocycles. The number of hydrogen-bond acceptors (Lipinski definition) is 5. The Bertz CT molecular complexity index is 890. The van der Waals surface area contributed by atoms with Gasteiger partial charge in [0.15, 0.2) is 6.10 Å². The fourth-order valence-corrected chi connectivity index (χ4v) is 2.53. The van der Waals surface area contributed by atoms with Crippen molar-refractivity contribution >= 4 is 29.4 Å². The lowest BCUT2D eigenvalue weighted by atomic mass is 10.0. The van der Waals surface area contributed by atoms with Gasteiger partial charge < -0.3 is 15.3 Å². The first-order valence-corrected chi connectivity index (χ1v) is 8.29. The van der Waals surface area contributed by atoms with Crippen LogP contribution in [-0.4, -0.2) is 50.8 Å². The number of carbonyl (C=O) groups is 3. The maximum Gasteiger partial charge on any atom is 0.395 e. The van der Waals surface area contributed by atoms with Crippen molar-refractivity contribution in [1.29, 1.82) is 0 Å². The minimum absolute atomic E-state index is 0.0956. The number of carboxylic acid groups (broad SMARTS) is 2. The van der Waals surface area contributed by atoms with Gasteiger partial charge in [0.05, 0.1) is 6.54 Å². The van der Waals surface area contributed by atoms with Crippen LogP contribution in [0.15, 0.2) is 42.5 Å². The first-order chi connectivity index (χ1) is 13.2. The van der Waals surface area contributed by atoms with Crippen molar-refractivity contribution in [3.05, 3.63) is 58.9 Å². The van der Waals surface area contributed by atoms with Crippen molar-refractivity contribution in [2.24, 2.45) is 0 Å². The molecule has 0 saturated carbocycles. The van der Waals surface area contributed by atoms with Crippen LogP contribution in [0.5, 0.6) is 0 Å². The van der Waals surface area contributed by atoms with E-state index in [1.165, 1.54) is 18.2 Å². The lowest BCUT2D eigenvalue weighted by molar-refractivity contribution is -0.154. The Hall–Kier alpha value is -3.01. The molecule has 0 bridgehead atoms. The summed E-state index contributed by atoms with van der Waals surface area (Å²) in [7, 11) is 0. The summed E-state index contributed by atoms with van der Waals surface area (Å²) in [6, 6.07) is 10.5. The molecule has 0 heterocycles. The summed E-state index contributed by atoms with van der Waals surface area (Å²) >= 11 is 5.88. The molecule has 0 spiro atoms. The maximum absolute atomic E-state index is 14.0. The van der Waals surface area contributed by atoms with Crippen molar-refractivity contribution in [3.63, 3.8) is 0 Å². The Balaban J connectivity index is 2.19. The van der Waals surface area contributed by atoms with Crippen molar-refractivity contribution in [2.75, 3.05) is 6.54 Å². The molecular weight excluding hydrogens is 395 g/mol. The smallest absolute Gasteiger partial charge is 0.395 e. The number of carbonyl (C=O) groups excluding carboxylic acids is 1. The van der Waals surface area contributed by atoms with Gasteiger partial charge in [-0.1, -0.05) is 35.9 Å². The number of hydrogen-bond donors (Lipinski definition) is 4. The zero-order chi connectivity index (χ0) is 20.8. The first-order valence-electron chi connectivity index (χ1n) is 7.91. The van der Waals surface area contributed by atoms with Gasteiger partial charge in [-0.15, -0.1) is 0 Å². The largest absolute Gasteiger partial charge is 0.479 e. The van der Waals surface area contributed by atoms with Gasteiger partial charge in [0.25, 0.3) is 0 Å². The quantitative estimate of drug-likeness (QED) is 0.402. The number of aliphatic hydroxyl groups excluding tert-OH is 1. The van der Waals surface area contributed by atoms with Gasteiger partial charge in [0, 0.05) is 17.1 Å². The van der Waals surface area contributed by atoms with Crippen molar-refractivity contribution in [3.8, 4) is 11.1 Å². The minimum Gasteiger partial charge on any atom is -0.479 e. The Kier molecular flexibility index (Phi) is 7.05. The molecule has 0 aliphatic carbocycles. The zero-order valence-corrected chi connectivity index (χ0v) is 15.1. The normalized spacial score (nSPS) is 11.9. The number of carboxylic acids is 2. The number of nitrogens with one attached hydrogen (secondary N) is 1. The zero-order valence-electron chi connectivity index (χ0n) is 14.3. The highest BCUT2D eigenvalue weighted by atomic mass is 35.5. The summed E-state index contributed by atoms with van der Waals surface area (Å²) in [6.07, 6.45) is -1.84. The number of aliphatic hydroxyl groups is 1. The van der Waals surface area contributed by atoms with Crippen LogP contribution in [0.4, 0.5) is 4.39 Å². The monoisotopic (exact) mass is 410 g/mol. The van der Waals surface area contributed by atoms with E-state index in [0.717, 1.165) is 5.01 Å². The van der Waals surface area contributed by atoms with Gasteiger partial charge in [-0.05, 0) is 29.3 Å². The van der Waals surface area contributed by atoms with Crippen LogP contribution >= 0.6 is 11.6 Å². The van der Waals surface area contributed by atoms with E-state index >= 15 is 0 Å². The van der Waals surface area contributed by atoms with Gasteiger partial charge >= 0.3 is 17.8 Å². The van der Waals surface area contributed by atoms with E-state index in [2.05, 4.69) is 0 Å². The van der Waals surface area contributed by atoms with Gasteiger partial charge in [0.1, 0.15) is 5.82 Å². The standard InChI is InChI=1S/C18H16ClFN2O6/c19-12-5-6-14(20)13(7-12)11-3-1-10(2-4-11)8-22(9-15(23)17(25)26)21-16(24)18(27)28/h1-7,15,23H,8-9H2,(H,21,24)(H,25,26)(H,27,28)/t15-/m1/s1. The topological polar surface area (TPSA) is 127 Å². The Morgan fingerprint density at radius 3 is 2.32 bits per heavy atom. The highest BCUT2D eigenvalue weighted by Gasteiger charge is 2.22. The maximum atomic E-state index is 14.0. The van der Waals surface area contributed by atoms with Crippen LogP contribution in [0.2, 0.25) is 5.02 Å². The number of amides is 1. The van der Waals surface area contributed by atoms with Gasteiger partial charge in [0.2, 0.25) is 0 Å². The summed E-state index contributed by atoms with van der Waals surface area (Å²) in [5.74, 6) is -5.13. The van der Waals surface area contributed by atoms with Crippen LogP contribution in [0.3, 0.4) is 0 Å². The van der Waals surface area contributed by atoms with E-state index in [0.29, 0.717) is 16.1 Å². The van der Waals surface area contributed by atoms with Crippen molar-refractivity contribution in [1.82, 2.24) is 10.4 Å². The number of halogens is 2. The second-order valence-electron chi connectivity index (χ2n) is 5.80. The summed E-state index contributed by atoms with van der Waals surface area (Å²) in [4.78, 5) is 32.9. The van der Waals surface area contributed by atoms with E-state index in [9.17, 15) is 23.9 Å². The molecule has 2 rings (SSSR count). The average molecular weight is 411 g/mol. The number of benzene rings is 2. The lowest BCUT2D eigenvalue weighted by Crippen LogP contribution is -2.49. The fraction of sp³-hybridized carbons (Fsp3) is 0.167. The van der Waals surface area contributed by atoms with Gasteiger partial charge in [-0.25, -0.2) is 19.0 Å². The summed E-state index contributed by atoms with van der Waals surface area (Å²) in [5.41, 5.74) is 3.38. The first kappa shape index (κ1) is 21.3. The molecule has 2 aromatic rings. The highest BCUT2D eigenvalue weighted by Crippen LogP contribution is 2.26. The molecule has 148 valence electrons. The van der Waals surface area contributed by atoms with E-state index in [1.54, 1.807) is 24.3 Å². The highest BCUT2D eigenvalue weighted by molar-refractivity contribution is 6.31. The van der Waals surface area contributed by atoms with Crippen LogP contribution in [0.1, 0.15) is 5.56 Å². The summed E-state index contributed by atoms with van der Waals surface area (Å²) in [6.45, 7) is -0.638. The predicted molar refractivity (Wildman–Crippen MR) is 96.7 cm³/mol. The molecule has 0 aromatic heterocycles. The lowest BCUT2D eigenvalue weighted by Gasteiger charge is -2.23. The molecule has 8 nitrogen and oxygen atoms in total. The van der Waals surface area contributed by atoms with Crippen LogP contribution in [0.25, 0.3) is 11.1 Å². The molecule has 0 fully saturated rings. The summed E-state index contributed by atoms with van der Waals surface area (Å²) in [5, 5.41) is 28.3. The Labute approximate surface area is 163 Å². The van der Waals surface area contributed by atoms with Crippen LogP contribution in [-0.2, 0) is 20.9 Å². The molecule has 0 aliphatic heterocycles. The van der Waals surface area contributed by atoms with Crippen molar-refractivity contribution < 1.29 is 34.1 Å². The minimum atomic E-state index is -1.84. The molecule has 1 amide bonds. The molecule has 0 aliphatic rings. The molecule has 10 heteroatoms. The van der Waals surface area contributed by atoms with Crippen LogP contribution in [0, 0.1) is 5.82 Å². The number of rotatable bonds is 7. The number of aliphatic carboxylic acids is 2. The molecule has 0 radical (unpaired) electrons. The fourth-order valence-electron chi connectivity index (χ4n) is 2.36. The van der Waals surface area contributed by atoms with E-state index in [4.69, 9.17) is 21.8 Å². The van der Waals surface area contributed by atoms with Gasteiger partial charge in [-0.2, -0.15) is 0 Å². The molecule has 4 N–H and O–H groups in total. The molecule has 0 saturated heterocycles. The third kappa shape index (κ3) is 5.74. The molecule has 0 unspecified atom stereocenters. The Morgan fingerprint density at radius 1 is 1.11 bits per heavy atom. The second kappa shape index (κ2) is 9.27. The summed E-state index contributed by atoms with van der Waals surface area (Å²) < 4.78 is 14.0. The van der Waals surface area contributed by atoms with E-state index < -0.39 is 36.3 Å². The van der Waals surface area contributed by atoms with Gasteiger partial charge in [-0.3, -0.25) is 10.2 Å². The number of hydrazine groups is 1.